The summed E-state index contributed by atoms with van der Waals surface area (Å²) in [5.41, 5.74) is 1.96. The molecule has 1 unspecified atom stereocenters. The molecule has 1 N–H and O–H groups in total. The highest BCUT2D eigenvalue weighted by atomic mass is 16.1. The molecule has 1 aliphatic heterocycles. The first-order chi connectivity index (χ1) is 7.79. The van der Waals surface area contributed by atoms with Crippen molar-refractivity contribution in [3.05, 3.63) is 35.4 Å². The van der Waals surface area contributed by atoms with Crippen molar-refractivity contribution in [1.82, 2.24) is 5.32 Å². The van der Waals surface area contributed by atoms with Gasteiger partial charge in [0, 0.05) is 5.56 Å². The molecule has 1 heterocycles. The predicted molar refractivity (Wildman–Crippen MR) is 65.8 cm³/mol. The molecule has 0 aromatic heterocycles. The number of hydrogen-bond donors (Lipinski definition) is 1. The van der Waals surface area contributed by atoms with Crippen LogP contribution in [-0.4, -0.2) is 18.4 Å². The summed E-state index contributed by atoms with van der Waals surface area (Å²) >= 11 is 0. The van der Waals surface area contributed by atoms with Gasteiger partial charge in [-0.3, -0.25) is 4.79 Å². The molecule has 0 bridgehead atoms. The van der Waals surface area contributed by atoms with Crippen molar-refractivity contribution in [3.63, 3.8) is 0 Å². The second kappa shape index (κ2) is 5.26. The van der Waals surface area contributed by atoms with Gasteiger partial charge in [0.2, 0.25) is 0 Å². The molecule has 0 aliphatic carbocycles. The maximum absolute atomic E-state index is 12.3. The van der Waals surface area contributed by atoms with Gasteiger partial charge < -0.3 is 5.32 Å². The Morgan fingerprint density at radius 3 is 2.88 bits per heavy atom. The monoisotopic (exact) mass is 217 g/mol. The molecule has 0 saturated carbocycles. The summed E-state index contributed by atoms with van der Waals surface area (Å²) in [7, 11) is 0. The summed E-state index contributed by atoms with van der Waals surface area (Å²) in [6.45, 7) is 2.98. The molecule has 16 heavy (non-hydrogen) atoms. The quantitative estimate of drug-likeness (QED) is 0.772. The summed E-state index contributed by atoms with van der Waals surface area (Å²) in [5.74, 6) is 0.264. The molecule has 0 radical (unpaired) electrons. The number of hydrogen-bond acceptors (Lipinski definition) is 2. The molecule has 0 amide bonds. The van der Waals surface area contributed by atoms with Gasteiger partial charge in [-0.25, -0.2) is 0 Å². The molecule has 2 heteroatoms. The standard InChI is InChI=1S/C14H19NO/c1-11-7-4-5-8-12(11)14(16)13-9-3-2-6-10-15-13/h4-5,7-8,13,15H,2-3,6,9-10H2,1H3. The largest absolute Gasteiger partial charge is 0.307 e. The van der Waals surface area contributed by atoms with Crippen LogP contribution < -0.4 is 5.32 Å². The van der Waals surface area contributed by atoms with E-state index in [2.05, 4.69) is 5.32 Å². The van der Waals surface area contributed by atoms with E-state index in [0.717, 1.165) is 30.5 Å². The highest BCUT2D eigenvalue weighted by molar-refractivity contribution is 6.01. The van der Waals surface area contributed by atoms with E-state index in [1.165, 1.54) is 12.8 Å². The van der Waals surface area contributed by atoms with Gasteiger partial charge in [-0.2, -0.15) is 0 Å². The first-order valence-corrected chi connectivity index (χ1v) is 6.12. The van der Waals surface area contributed by atoms with Crippen molar-refractivity contribution in [1.29, 1.82) is 0 Å². The van der Waals surface area contributed by atoms with E-state index < -0.39 is 0 Å². The second-order valence-corrected chi connectivity index (χ2v) is 4.54. The Labute approximate surface area is 97.1 Å². The summed E-state index contributed by atoms with van der Waals surface area (Å²) in [5, 5.41) is 3.36. The van der Waals surface area contributed by atoms with Crippen LogP contribution in [0.1, 0.15) is 41.6 Å². The van der Waals surface area contributed by atoms with Crippen LogP contribution in [0.15, 0.2) is 24.3 Å². The minimum atomic E-state index is 0.0311. The molecular weight excluding hydrogens is 198 g/mol. The molecule has 1 aliphatic rings. The Kier molecular flexibility index (Phi) is 3.73. The highest BCUT2D eigenvalue weighted by Crippen LogP contribution is 2.15. The van der Waals surface area contributed by atoms with Gasteiger partial charge in [0.15, 0.2) is 5.78 Å². The lowest BCUT2D eigenvalue weighted by Gasteiger charge is -2.15. The lowest BCUT2D eigenvalue weighted by molar-refractivity contribution is 0.0940. The van der Waals surface area contributed by atoms with E-state index in [-0.39, 0.29) is 11.8 Å². The van der Waals surface area contributed by atoms with Crippen LogP contribution >= 0.6 is 0 Å². The molecule has 86 valence electrons. The SMILES string of the molecule is Cc1ccccc1C(=O)C1CCCCCN1. The number of nitrogens with one attached hydrogen (secondary N) is 1. The maximum Gasteiger partial charge on any atom is 0.179 e. The van der Waals surface area contributed by atoms with Gasteiger partial charge in [-0.1, -0.05) is 37.1 Å². The minimum absolute atomic E-state index is 0.0311. The Morgan fingerprint density at radius 2 is 2.06 bits per heavy atom. The average molecular weight is 217 g/mol. The third-order valence-corrected chi connectivity index (χ3v) is 3.29. The smallest absolute Gasteiger partial charge is 0.179 e. The Hall–Kier alpha value is -1.15. The van der Waals surface area contributed by atoms with Gasteiger partial charge in [-0.15, -0.1) is 0 Å². The zero-order valence-electron chi connectivity index (χ0n) is 9.83. The molecule has 1 fully saturated rings. The molecule has 2 rings (SSSR count). The number of rotatable bonds is 2. The van der Waals surface area contributed by atoms with Gasteiger partial charge in [0.1, 0.15) is 0 Å². The van der Waals surface area contributed by atoms with Gasteiger partial charge in [0.25, 0.3) is 0 Å². The number of aryl methyl sites for hydroxylation is 1. The number of ketones is 1. The zero-order chi connectivity index (χ0) is 11.4. The van der Waals surface area contributed by atoms with Crippen molar-refractivity contribution >= 4 is 5.78 Å². The molecule has 1 aromatic carbocycles. The number of benzene rings is 1. The second-order valence-electron chi connectivity index (χ2n) is 4.54. The van der Waals surface area contributed by atoms with Crippen LogP contribution in [0.5, 0.6) is 0 Å². The summed E-state index contributed by atoms with van der Waals surface area (Å²) in [4.78, 5) is 12.3. The van der Waals surface area contributed by atoms with Crippen LogP contribution in [-0.2, 0) is 0 Å². The normalized spacial score (nSPS) is 21.4. The average Bonchev–Trinajstić information content (AvgIpc) is 2.57. The van der Waals surface area contributed by atoms with Crippen molar-refractivity contribution in [2.75, 3.05) is 6.54 Å². The predicted octanol–water partition coefficient (Wildman–Crippen LogP) is 2.71. The van der Waals surface area contributed by atoms with Crippen LogP contribution in [0.2, 0.25) is 0 Å². The summed E-state index contributed by atoms with van der Waals surface area (Å²) in [6, 6.07) is 7.89. The van der Waals surface area contributed by atoms with Crippen LogP contribution in [0.25, 0.3) is 0 Å². The van der Waals surface area contributed by atoms with Crippen molar-refractivity contribution < 1.29 is 4.79 Å². The van der Waals surface area contributed by atoms with Crippen LogP contribution in [0.4, 0.5) is 0 Å². The minimum Gasteiger partial charge on any atom is -0.307 e. The van der Waals surface area contributed by atoms with Crippen LogP contribution in [0, 0.1) is 6.92 Å². The lowest BCUT2D eigenvalue weighted by Crippen LogP contribution is -2.36. The van der Waals surface area contributed by atoms with Gasteiger partial charge >= 0.3 is 0 Å². The van der Waals surface area contributed by atoms with E-state index in [9.17, 15) is 4.79 Å². The maximum atomic E-state index is 12.3. The van der Waals surface area contributed by atoms with Crippen molar-refractivity contribution in [2.45, 2.75) is 38.6 Å². The third kappa shape index (κ3) is 2.50. The Balaban J connectivity index is 2.14. The number of Topliss-reactive ketones (excluding diaryl/α,β-unsaturated/α-hetero) is 1. The fraction of sp³-hybridized carbons (Fsp3) is 0.500. The summed E-state index contributed by atoms with van der Waals surface area (Å²) < 4.78 is 0. The van der Waals surface area contributed by atoms with E-state index in [1.807, 2.05) is 31.2 Å². The van der Waals surface area contributed by atoms with Crippen LogP contribution in [0.3, 0.4) is 0 Å². The summed E-state index contributed by atoms with van der Waals surface area (Å²) in [6.07, 6.45) is 4.57. The fourth-order valence-electron chi connectivity index (χ4n) is 2.29. The molecule has 1 atom stereocenters. The van der Waals surface area contributed by atoms with Gasteiger partial charge in [0.05, 0.1) is 6.04 Å². The number of carbonyl (C=O) groups is 1. The zero-order valence-corrected chi connectivity index (χ0v) is 9.83. The van der Waals surface area contributed by atoms with Gasteiger partial charge in [-0.05, 0) is 31.9 Å². The Bertz CT molecular complexity index is 365. The first kappa shape index (κ1) is 11.3. The van der Waals surface area contributed by atoms with E-state index in [1.54, 1.807) is 0 Å². The van der Waals surface area contributed by atoms with Crippen molar-refractivity contribution in [3.8, 4) is 0 Å². The van der Waals surface area contributed by atoms with E-state index in [4.69, 9.17) is 0 Å². The topological polar surface area (TPSA) is 29.1 Å². The van der Waals surface area contributed by atoms with E-state index >= 15 is 0 Å². The van der Waals surface area contributed by atoms with Crippen molar-refractivity contribution in [2.24, 2.45) is 0 Å². The lowest BCUT2D eigenvalue weighted by atomic mass is 9.97. The first-order valence-electron chi connectivity index (χ1n) is 6.12. The third-order valence-electron chi connectivity index (χ3n) is 3.29. The molecule has 1 aromatic rings. The number of carbonyl (C=O) groups excluding carboxylic acids is 1. The fourth-order valence-corrected chi connectivity index (χ4v) is 2.29. The van der Waals surface area contributed by atoms with E-state index in [0.29, 0.717) is 0 Å². The molecule has 1 saturated heterocycles. The Morgan fingerprint density at radius 1 is 1.25 bits per heavy atom. The molecular formula is C14H19NO. The molecule has 2 nitrogen and oxygen atoms in total. The molecule has 0 spiro atoms. The highest BCUT2D eigenvalue weighted by Gasteiger charge is 2.21.